The van der Waals surface area contributed by atoms with Gasteiger partial charge in [-0.2, -0.15) is 0 Å². The van der Waals surface area contributed by atoms with Crippen LogP contribution < -0.4 is 10.6 Å². The summed E-state index contributed by atoms with van der Waals surface area (Å²) < 4.78 is 53.0. The lowest BCUT2D eigenvalue weighted by atomic mass is 10.2. The molecular formula is C18H14F4N4O. The van der Waals surface area contributed by atoms with E-state index in [2.05, 4.69) is 20.6 Å². The number of aromatic nitrogens is 2. The van der Waals surface area contributed by atoms with Crippen molar-refractivity contribution in [3.63, 3.8) is 0 Å². The molecule has 0 fully saturated rings. The SMILES string of the molecule is O=C(NCCNc1nc(C(F)F)nc2ccccc12)c1c(F)cccc1F. The van der Waals surface area contributed by atoms with Crippen LogP contribution in [0.4, 0.5) is 23.4 Å². The smallest absolute Gasteiger partial charge is 0.297 e. The second-order valence-electron chi connectivity index (χ2n) is 5.53. The zero-order chi connectivity index (χ0) is 19.4. The Morgan fingerprint density at radius 1 is 0.963 bits per heavy atom. The van der Waals surface area contributed by atoms with Crippen molar-refractivity contribution in [1.29, 1.82) is 0 Å². The summed E-state index contributed by atoms with van der Waals surface area (Å²) >= 11 is 0. The number of anilines is 1. The van der Waals surface area contributed by atoms with Crippen LogP contribution in [0.3, 0.4) is 0 Å². The topological polar surface area (TPSA) is 66.9 Å². The number of nitrogens with one attached hydrogen (secondary N) is 2. The van der Waals surface area contributed by atoms with Crippen LogP contribution in [0, 0.1) is 11.6 Å². The number of nitrogens with zero attached hydrogens (tertiary/aromatic N) is 2. The van der Waals surface area contributed by atoms with E-state index >= 15 is 0 Å². The molecule has 0 saturated carbocycles. The second kappa shape index (κ2) is 7.98. The first-order valence-electron chi connectivity index (χ1n) is 7.98. The predicted molar refractivity (Wildman–Crippen MR) is 91.7 cm³/mol. The van der Waals surface area contributed by atoms with E-state index in [1.165, 1.54) is 0 Å². The van der Waals surface area contributed by atoms with Crippen LogP contribution in [-0.4, -0.2) is 29.0 Å². The number of alkyl halides is 2. The molecule has 1 heterocycles. The van der Waals surface area contributed by atoms with Crippen molar-refractivity contribution in [2.75, 3.05) is 18.4 Å². The Kier molecular flexibility index (Phi) is 5.49. The molecule has 0 aliphatic carbocycles. The van der Waals surface area contributed by atoms with Gasteiger partial charge in [0.15, 0.2) is 5.82 Å². The van der Waals surface area contributed by atoms with Crippen LogP contribution in [0.5, 0.6) is 0 Å². The van der Waals surface area contributed by atoms with Crippen molar-refractivity contribution in [2.24, 2.45) is 0 Å². The maximum Gasteiger partial charge on any atom is 0.297 e. The molecular weight excluding hydrogens is 364 g/mol. The van der Waals surface area contributed by atoms with E-state index in [4.69, 9.17) is 0 Å². The van der Waals surface area contributed by atoms with Gasteiger partial charge in [-0.3, -0.25) is 4.79 Å². The molecule has 2 N–H and O–H groups in total. The van der Waals surface area contributed by atoms with E-state index < -0.39 is 35.4 Å². The summed E-state index contributed by atoms with van der Waals surface area (Å²) in [5, 5.41) is 5.73. The van der Waals surface area contributed by atoms with Crippen molar-refractivity contribution in [3.05, 3.63) is 65.5 Å². The molecule has 9 heteroatoms. The average Bonchev–Trinajstić information content (AvgIpc) is 2.64. The van der Waals surface area contributed by atoms with Crippen molar-refractivity contribution in [1.82, 2.24) is 15.3 Å². The molecule has 0 saturated heterocycles. The summed E-state index contributed by atoms with van der Waals surface area (Å²) in [6.45, 7) is 0.0977. The number of carbonyl (C=O) groups excluding carboxylic acids is 1. The summed E-state index contributed by atoms with van der Waals surface area (Å²) in [6.07, 6.45) is -2.83. The highest BCUT2D eigenvalue weighted by Crippen LogP contribution is 2.24. The number of carbonyl (C=O) groups is 1. The molecule has 0 bridgehead atoms. The number of rotatable bonds is 6. The van der Waals surface area contributed by atoms with Gasteiger partial charge in [0.25, 0.3) is 12.3 Å². The molecule has 140 valence electrons. The van der Waals surface area contributed by atoms with E-state index in [0.717, 1.165) is 18.2 Å². The van der Waals surface area contributed by atoms with Gasteiger partial charge in [0.05, 0.1) is 5.52 Å². The van der Waals surface area contributed by atoms with E-state index in [9.17, 15) is 22.4 Å². The maximum absolute atomic E-state index is 13.6. The first-order valence-corrected chi connectivity index (χ1v) is 7.98. The highest BCUT2D eigenvalue weighted by Gasteiger charge is 2.17. The predicted octanol–water partition coefficient (Wildman–Crippen LogP) is 3.69. The number of benzene rings is 2. The van der Waals surface area contributed by atoms with Crippen LogP contribution in [0.2, 0.25) is 0 Å². The Labute approximate surface area is 151 Å². The van der Waals surface area contributed by atoms with Gasteiger partial charge in [0.1, 0.15) is 23.0 Å². The van der Waals surface area contributed by atoms with Gasteiger partial charge in [0, 0.05) is 18.5 Å². The largest absolute Gasteiger partial charge is 0.368 e. The van der Waals surface area contributed by atoms with Crippen LogP contribution in [-0.2, 0) is 0 Å². The molecule has 0 atom stereocenters. The highest BCUT2D eigenvalue weighted by molar-refractivity contribution is 5.94. The van der Waals surface area contributed by atoms with Crippen LogP contribution in [0.25, 0.3) is 10.9 Å². The molecule has 3 rings (SSSR count). The Morgan fingerprint density at radius 3 is 2.37 bits per heavy atom. The Balaban J connectivity index is 1.68. The minimum absolute atomic E-state index is 0.00501. The fourth-order valence-electron chi connectivity index (χ4n) is 2.49. The normalized spacial score (nSPS) is 11.0. The molecule has 27 heavy (non-hydrogen) atoms. The van der Waals surface area contributed by atoms with Crippen molar-refractivity contribution < 1.29 is 22.4 Å². The van der Waals surface area contributed by atoms with E-state index in [0.29, 0.717) is 10.9 Å². The molecule has 0 spiro atoms. The maximum atomic E-state index is 13.6. The third kappa shape index (κ3) is 4.13. The van der Waals surface area contributed by atoms with E-state index in [1.54, 1.807) is 24.3 Å². The molecule has 0 radical (unpaired) electrons. The van der Waals surface area contributed by atoms with Gasteiger partial charge in [-0.1, -0.05) is 18.2 Å². The number of hydrogen-bond donors (Lipinski definition) is 2. The van der Waals surface area contributed by atoms with Gasteiger partial charge in [0.2, 0.25) is 0 Å². The fraction of sp³-hybridized carbons (Fsp3) is 0.167. The molecule has 0 aliphatic heterocycles. The van der Waals surface area contributed by atoms with Crippen molar-refractivity contribution in [2.45, 2.75) is 6.43 Å². The van der Waals surface area contributed by atoms with E-state index in [1.807, 2.05) is 0 Å². The summed E-state index contributed by atoms with van der Waals surface area (Å²) in [5.74, 6) is -3.28. The van der Waals surface area contributed by atoms with Crippen molar-refractivity contribution >= 4 is 22.6 Å². The molecule has 0 unspecified atom stereocenters. The summed E-state index contributed by atoms with van der Waals surface area (Å²) in [4.78, 5) is 19.5. The number of para-hydroxylation sites is 1. The van der Waals surface area contributed by atoms with Gasteiger partial charge in [-0.25, -0.2) is 27.5 Å². The zero-order valence-electron chi connectivity index (χ0n) is 13.8. The first kappa shape index (κ1) is 18.6. The number of amides is 1. The third-order valence-corrected chi connectivity index (χ3v) is 3.71. The fourth-order valence-corrected chi connectivity index (χ4v) is 2.49. The minimum Gasteiger partial charge on any atom is -0.368 e. The number of halogens is 4. The van der Waals surface area contributed by atoms with Gasteiger partial charge in [-0.15, -0.1) is 0 Å². The van der Waals surface area contributed by atoms with Gasteiger partial charge < -0.3 is 10.6 Å². The molecule has 1 amide bonds. The standard InChI is InChI=1S/C18H14F4N4O/c19-11-5-3-6-12(20)14(11)18(27)24-9-8-23-16-10-4-1-2-7-13(10)25-17(26-16)15(21)22/h1-7,15H,8-9H2,(H,24,27)(H,23,25,26). The zero-order valence-corrected chi connectivity index (χ0v) is 13.8. The van der Waals surface area contributed by atoms with Crippen LogP contribution >= 0.6 is 0 Å². The minimum atomic E-state index is -2.83. The van der Waals surface area contributed by atoms with Crippen molar-refractivity contribution in [3.8, 4) is 0 Å². The molecule has 3 aromatic rings. The monoisotopic (exact) mass is 378 g/mol. The molecule has 5 nitrogen and oxygen atoms in total. The lowest BCUT2D eigenvalue weighted by Gasteiger charge is -2.11. The molecule has 2 aromatic carbocycles. The quantitative estimate of drug-likeness (QED) is 0.507. The Hall–Kier alpha value is -3.23. The summed E-state index contributed by atoms with van der Waals surface area (Å²) in [5.41, 5.74) is -0.326. The summed E-state index contributed by atoms with van der Waals surface area (Å²) in [7, 11) is 0. The Morgan fingerprint density at radius 2 is 1.67 bits per heavy atom. The summed E-state index contributed by atoms with van der Waals surface area (Å²) in [6, 6.07) is 9.74. The number of hydrogen-bond acceptors (Lipinski definition) is 4. The lowest BCUT2D eigenvalue weighted by molar-refractivity contribution is 0.0946. The third-order valence-electron chi connectivity index (χ3n) is 3.71. The van der Waals surface area contributed by atoms with E-state index in [-0.39, 0.29) is 18.9 Å². The van der Waals surface area contributed by atoms with Gasteiger partial charge >= 0.3 is 0 Å². The second-order valence-corrected chi connectivity index (χ2v) is 5.53. The first-order chi connectivity index (χ1) is 13.0. The lowest BCUT2D eigenvalue weighted by Crippen LogP contribution is -2.30. The molecule has 1 aromatic heterocycles. The Bertz CT molecular complexity index is 960. The van der Waals surface area contributed by atoms with Crippen LogP contribution in [0.15, 0.2) is 42.5 Å². The number of fused-ring (bicyclic) bond motifs is 1. The molecule has 0 aliphatic rings. The average molecular weight is 378 g/mol. The van der Waals surface area contributed by atoms with Crippen LogP contribution in [0.1, 0.15) is 22.6 Å². The van der Waals surface area contributed by atoms with Gasteiger partial charge in [-0.05, 0) is 24.3 Å². The highest BCUT2D eigenvalue weighted by atomic mass is 19.3.